The SMILES string of the molecule is CCOC(=O)c1ccc(C(O)COC(C)CC)cc1. The van der Waals surface area contributed by atoms with Gasteiger partial charge in [0.1, 0.15) is 6.10 Å². The van der Waals surface area contributed by atoms with Crippen LogP contribution in [0.1, 0.15) is 49.2 Å². The van der Waals surface area contributed by atoms with Gasteiger partial charge in [0.05, 0.1) is 24.9 Å². The molecule has 0 saturated carbocycles. The summed E-state index contributed by atoms with van der Waals surface area (Å²) >= 11 is 0. The van der Waals surface area contributed by atoms with E-state index in [1.807, 2.05) is 13.8 Å². The number of aliphatic hydroxyl groups excluding tert-OH is 1. The molecule has 0 fully saturated rings. The molecule has 1 aromatic carbocycles. The van der Waals surface area contributed by atoms with Crippen LogP contribution in [0, 0.1) is 0 Å². The van der Waals surface area contributed by atoms with Crippen LogP contribution in [0.3, 0.4) is 0 Å². The summed E-state index contributed by atoms with van der Waals surface area (Å²) in [6.07, 6.45) is 0.368. The van der Waals surface area contributed by atoms with Gasteiger partial charge in [0, 0.05) is 0 Å². The van der Waals surface area contributed by atoms with Gasteiger partial charge < -0.3 is 14.6 Å². The van der Waals surface area contributed by atoms with Crippen molar-refractivity contribution in [3.63, 3.8) is 0 Å². The summed E-state index contributed by atoms with van der Waals surface area (Å²) in [6.45, 7) is 6.38. The number of ether oxygens (including phenoxy) is 2. The topological polar surface area (TPSA) is 55.8 Å². The molecule has 0 aliphatic heterocycles. The maximum Gasteiger partial charge on any atom is 0.338 e. The number of rotatable bonds is 7. The van der Waals surface area contributed by atoms with Crippen LogP contribution in [-0.2, 0) is 9.47 Å². The first-order valence-corrected chi connectivity index (χ1v) is 6.65. The maximum atomic E-state index is 11.5. The number of aliphatic hydroxyl groups is 1. The van der Waals surface area contributed by atoms with Crippen molar-refractivity contribution in [2.24, 2.45) is 0 Å². The zero-order valence-electron chi connectivity index (χ0n) is 11.8. The van der Waals surface area contributed by atoms with Crippen LogP contribution in [0.5, 0.6) is 0 Å². The molecule has 2 atom stereocenters. The fraction of sp³-hybridized carbons (Fsp3) is 0.533. The average Bonchev–Trinajstić information content (AvgIpc) is 2.44. The molecule has 0 heterocycles. The molecule has 2 unspecified atom stereocenters. The second-order valence-corrected chi connectivity index (χ2v) is 4.41. The molecule has 0 bridgehead atoms. The number of carbonyl (C=O) groups excluding carboxylic acids is 1. The second-order valence-electron chi connectivity index (χ2n) is 4.41. The van der Waals surface area contributed by atoms with Crippen molar-refractivity contribution < 1.29 is 19.4 Å². The monoisotopic (exact) mass is 266 g/mol. The van der Waals surface area contributed by atoms with Crippen molar-refractivity contribution in [3.8, 4) is 0 Å². The van der Waals surface area contributed by atoms with Crippen molar-refractivity contribution in [2.45, 2.75) is 39.4 Å². The molecule has 106 valence electrons. The minimum atomic E-state index is -0.676. The molecule has 0 saturated heterocycles. The van der Waals surface area contributed by atoms with E-state index in [4.69, 9.17) is 9.47 Å². The Morgan fingerprint density at radius 3 is 2.42 bits per heavy atom. The highest BCUT2D eigenvalue weighted by Crippen LogP contribution is 2.15. The fourth-order valence-corrected chi connectivity index (χ4v) is 1.53. The van der Waals surface area contributed by atoms with E-state index in [9.17, 15) is 9.90 Å². The third kappa shape index (κ3) is 5.01. The number of hydrogen-bond donors (Lipinski definition) is 1. The van der Waals surface area contributed by atoms with Crippen LogP contribution in [0.2, 0.25) is 0 Å². The molecule has 0 amide bonds. The molecule has 4 heteroatoms. The Hall–Kier alpha value is -1.39. The highest BCUT2D eigenvalue weighted by molar-refractivity contribution is 5.89. The quantitative estimate of drug-likeness (QED) is 0.771. The van der Waals surface area contributed by atoms with Crippen LogP contribution < -0.4 is 0 Å². The Bertz CT molecular complexity index is 386. The van der Waals surface area contributed by atoms with Gasteiger partial charge in [-0.15, -0.1) is 0 Å². The van der Waals surface area contributed by atoms with Crippen molar-refractivity contribution in [1.82, 2.24) is 0 Å². The minimum Gasteiger partial charge on any atom is -0.462 e. The van der Waals surface area contributed by atoms with Crippen molar-refractivity contribution in [2.75, 3.05) is 13.2 Å². The van der Waals surface area contributed by atoms with Gasteiger partial charge in [-0.1, -0.05) is 19.1 Å². The van der Waals surface area contributed by atoms with Crippen molar-refractivity contribution in [3.05, 3.63) is 35.4 Å². The predicted octanol–water partition coefficient (Wildman–Crippen LogP) is 2.71. The van der Waals surface area contributed by atoms with E-state index in [2.05, 4.69) is 0 Å². The summed E-state index contributed by atoms with van der Waals surface area (Å²) in [4.78, 5) is 11.5. The van der Waals surface area contributed by atoms with Gasteiger partial charge in [0.15, 0.2) is 0 Å². The number of esters is 1. The Labute approximate surface area is 114 Å². The minimum absolute atomic E-state index is 0.133. The summed E-state index contributed by atoms with van der Waals surface area (Å²) in [5.41, 5.74) is 1.22. The molecule has 0 aliphatic carbocycles. The molecule has 0 aliphatic rings. The summed E-state index contributed by atoms with van der Waals surface area (Å²) in [7, 11) is 0. The van der Waals surface area contributed by atoms with Gasteiger partial charge in [0.25, 0.3) is 0 Å². The van der Waals surface area contributed by atoms with Gasteiger partial charge in [-0.3, -0.25) is 0 Å². The molecule has 1 N–H and O–H groups in total. The fourth-order valence-electron chi connectivity index (χ4n) is 1.53. The molecule has 0 spiro atoms. The van der Waals surface area contributed by atoms with Crippen LogP contribution >= 0.6 is 0 Å². The smallest absolute Gasteiger partial charge is 0.338 e. The first-order chi connectivity index (χ1) is 9.08. The number of benzene rings is 1. The average molecular weight is 266 g/mol. The lowest BCUT2D eigenvalue weighted by atomic mass is 10.1. The zero-order chi connectivity index (χ0) is 14.3. The van der Waals surface area contributed by atoms with Crippen LogP contribution in [-0.4, -0.2) is 30.4 Å². The van der Waals surface area contributed by atoms with Gasteiger partial charge >= 0.3 is 5.97 Å². The summed E-state index contributed by atoms with van der Waals surface area (Å²) < 4.78 is 10.4. The first kappa shape index (κ1) is 15.7. The summed E-state index contributed by atoms with van der Waals surface area (Å²) in [5, 5.41) is 9.96. The van der Waals surface area contributed by atoms with Gasteiger partial charge in [-0.25, -0.2) is 4.79 Å². The molecule has 19 heavy (non-hydrogen) atoms. The van der Waals surface area contributed by atoms with E-state index in [1.54, 1.807) is 31.2 Å². The summed E-state index contributed by atoms with van der Waals surface area (Å²) in [5.74, 6) is -0.348. The van der Waals surface area contributed by atoms with E-state index in [0.29, 0.717) is 12.2 Å². The molecule has 1 rings (SSSR count). The number of hydrogen-bond acceptors (Lipinski definition) is 4. The van der Waals surface area contributed by atoms with Gasteiger partial charge in [-0.2, -0.15) is 0 Å². The van der Waals surface area contributed by atoms with Crippen molar-refractivity contribution >= 4 is 5.97 Å². The molecular formula is C15H22O4. The maximum absolute atomic E-state index is 11.5. The van der Waals surface area contributed by atoms with E-state index >= 15 is 0 Å². The Balaban J connectivity index is 2.57. The summed E-state index contributed by atoms with van der Waals surface area (Å²) in [6, 6.07) is 6.74. The number of carbonyl (C=O) groups is 1. The van der Waals surface area contributed by atoms with Crippen LogP contribution in [0.4, 0.5) is 0 Å². The first-order valence-electron chi connectivity index (χ1n) is 6.65. The highest BCUT2D eigenvalue weighted by Gasteiger charge is 2.11. The Kier molecular flexibility index (Phi) is 6.53. The molecule has 0 radical (unpaired) electrons. The lowest BCUT2D eigenvalue weighted by Gasteiger charge is -2.15. The Morgan fingerprint density at radius 1 is 1.26 bits per heavy atom. The highest BCUT2D eigenvalue weighted by atomic mass is 16.5. The molecule has 1 aromatic rings. The van der Waals surface area contributed by atoms with E-state index < -0.39 is 6.10 Å². The van der Waals surface area contributed by atoms with E-state index in [-0.39, 0.29) is 18.7 Å². The molecule has 0 aromatic heterocycles. The second kappa shape index (κ2) is 7.92. The standard InChI is InChI=1S/C15H22O4/c1-4-11(3)19-10-14(16)12-6-8-13(9-7-12)15(17)18-5-2/h6-9,11,14,16H,4-5,10H2,1-3H3. The van der Waals surface area contributed by atoms with Gasteiger partial charge in [-0.05, 0) is 38.0 Å². The Morgan fingerprint density at radius 2 is 1.89 bits per heavy atom. The van der Waals surface area contributed by atoms with E-state index in [1.165, 1.54) is 0 Å². The molecular weight excluding hydrogens is 244 g/mol. The van der Waals surface area contributed by atoms with Crippen LogP contribution in [0.25, 0.3) is 0 Å². The zero-order valence-corrected chi connectivity index (χ0v) is 11.8. The lowest BCUT2D eigenvalue weighted by Crippen LogP contribution is -2.14. The molecule has 4 nitrogen and oxygen atoms in total. The lowest BCUT2D eigenvalue weighted by molar-refractivity contribution is -0.00375. The van der Waals surface area contributed by atoms with Crippen molar-refractivity contribution in [1.29, 1.82) is 0 Å². The van der Waals surface area contributed by atoms with Gasteiger partial charge in [0.2, 0.25) is 0 Å². The van der Waals surface area contributed by atoms with E-state index in [0.717, 1.165) is 12.0 Å². The largest absolute Gasteiger partial charge is 0.462 e. The predicted molar refractivity (Wildman–Crippen MR) is 73.1 cm³/mol. The normalized spacial score (nSPS) is 13.9. The third-order valence-electron chi connectivity index (χ3n) is 2.92. The van der Waals surface area contributed by atoms with Crippen LogP contribution in [0.15, 0.2) is 24.3 Å². The third-order valence-corrected chi connectivity index (χ3v) is 2.92.